The molecule has 1 fully saturated rings. The maximum atomic E-state index is 13.1. The molecule has 0 spiro atoms. The second-order valence-corrected chi connectivity index (χ2v) is 12.1. The van der Waals surface area contributed by atoms with Crippen LogP contribution in [0, 0.1) is 13.8 Å². The second-order valence-electron chi connectivity index (χ2n) is 8.72. The number of hydrogen-bond acceptors (Lipinski definition) is 4. The molecule has 6 nitrogen and oxygen atoms in total. The number of benzene rings is 2. The van der Waals surface area contributed by atoms with Crippen molar-refractivity contribution in [3.63, 3.8) is 0 Å². The van der Waals surface area contributed by atoms with Crippen molar-refractivity contribution in [2.75, 3.05) is 4.72 Å². The van der Waals surface area contributed by atoms with E-state index in [0.717, 1.165) is 18.4 Å². The van der Waals surface area contributed by atoms with E-state index >= 15 is 0 Å². The van der Waals surface area contributed by atoms with Gasteiger partial charge >= 0.3 is 0 Å². The van der Waals surface area contributed by atoms with Crippen LogP contribution >= 0.6 is 0 Å². The number of hydrogen-bond donors (Lipinski definition) is 2. The van der Waals surface area contributed by atoms with Crippen molar-refractivity contribution in [2.45, 2.75) is 68.7 Å². The van der Waals surface area contributed by atoms with Crippen LogP contribution in [0.1, 0.15) is 50.3 Å². The molecule has 8 heteroatoms. The molecule has 0 atom stereocenters. The van der Waals surface area contributed by atoms with E-state index in [1.165, 1.54) is 18.2 Å². The van der Waals surface area contributed by atoms with Gasteiger partial charge in [0.25, 0.3) is 10.0 Å². The zero-order valence-electron chi connectivity index (χ0n) is 17.4. The van der Waals surface area contributed by atoms with Crippen LogP contribution in [-0.2, 0) is 25.5 Å². The summed E-state index contributed by atoms with van der Waals surface area (Å²) in [6, 6.07) is 9.63. The highest BCUT2D eigenvalue weighted by Crippen LogP contribution is 2.30. The Morgan fingerprint density at radius 2 is 1.48 bits per heavy atom. The van der Waals surface area contributed by atoms with E-state index in [9.17, 15) is 16.8 Å². The quantitative estimate of drug-likeness (QED) is 0.720. The Morgan fingerprint density at radius 3 is 2.00 bits per heavy atom. The molecule has 2 N–H and O–H groups in total. The maximum Gasteiger partial charge on any atom is 0.262 e. The summed E-state index contributed by atoms with van der Waals surface area (Å²) in [5, 5.41) is 0. The van der Waals surface area contributed by atoms with Crippen LogP contribution in [0.4, 0.5) is 5.69 Å². The van der Waals surface area contributed by atoms with Gasteiger partial charge in [-0.25, -0.2) is 21.6 Å². The summed E-state index contributed by atoms with van der Waals surface area (Å²) >= 11 is 0. The Bertz CT molecular complexity index is 1120. The lowest BCUT2D eigenvalue weighted by Crippen LogP contribution is -2.25. The van der Waals surface area contributed by atoms with E-state index in [-0.39, 0.29) is 26.9 Å². The summed E-state index contributed by atoms with van der Waals surface area (Å²) in [6.45, 7) is 9.79. The summed E-state index contributed by atoms with van der Waals surface area (Å²) < 4.78 is 56.1. The Balaban J connectivity index is 1.93. The van der Waals surface area contributed by atoms with Gasteiger partial charge in [0.1, 0.15) is 0 Å². The highest BCUT2D eigenvalue weighted by Gasteiger charge is 2.28. The van der Waals surface area contributed by atoms with Crippen LogP contribution in [0.2, 0.25) is 0 Å². The predicted octanol–water partition coefficient (Wildman–Crippen LogP) is 3.84. The Kier molecular flexibility index (Phi) is 5.57. The number of aryl methyl sites for hydroxylation is 2. The van der Waals surface area contributed by atoms with Gasteiger partial charge in [0.2, 0.25) is 10.0 Å². The molecule has 0 bridgehead atoms. The van der Waals surface area contributed by atoms with Crippen LogP contribution < -0.4 is 9.44 Å². The average Bonchev–Trinajstić information content (AvgIpc) is 3.36. The Morgan fingerprint density at radius 1 is 0.897 bits per heavy atom. The molecule has 29 heavy (non-hydrogen) atoms. The fourth-order valence-electron chi connectivity index (χ4n) is 3.23. The van der Waals surface area contributed by atoms with E-state index in [0.29, 0.717) is 11.1 Å². The monoisotopic (exact) mass is 436 g/mol. The highest BCUT2D eigenvalue weighted by atomic mass is 32.2. The first-order valence-corrected chi connectivity index (χ1v) is 12.5. The third-order valence-corrected chi connectivity index (χ3v) is 8.09. The minimum absolute atomic E-state index is 0.0213. The minimum Gasteiger partial charge on any atom is -0.280 e. The Labute approximate surface area is 173 Å². The van der Waals surface area contributed by atoms with E-state index in [2.05, 4.69) is 30.2 Å². The van der Waals surface area contributed by atoms with E-state index in [1.807, 2.05) is 12.1 Å². The first kappa shape index (κ1) is 21.8. The van der Waals surface area contributed by atoms with Crippen molar-refractivity contribution in [3.8, 4) is 0 Å². The first-order chi connectivity index (χ1) is 13.3. The molecular formula is C21H28N2O4S2. The number of nitrogens with one attached hydrogen (secondary N) is 2. The first-order valence-electron chi connectivity index (χ1n) is 9.56. The van der Waals surface area contributed by atoms with Gasteiger partial charge in [-0.05, 0) is 67.0 Å². The standard InChI is InChI=1S/C21H28N2O4S2/c1-14-11-16(21(3,4)5)12-15(2)20(14)29(26,27)23-18-7-6-8-19(13-18)28(24,25)22-17-9-10-17/h6-8,11-13,17,22-23H,9-10H2,1-5H3. The van der Waals surface area contributed by atoms with Crippen LogP contribution in [0.25, 0.3) is 0 Å². The van der Waals surface area contributed by atoms with Crippen molar-refractivity contribution < 1.29 is 16.8 Å². The van der Waals surface area contributed by atoms with Crippen molar-refractivity contribution in [2.24, 2.45) is 0 Å². The summed E-state index contributed by atoms with van der Waals surface area (Å²) in [7, 11) is -7.54. The molecule has 1 aliphatic carbocycles. The van der Waals surface area contributed by atoms with Gasteiger partial charge in [0.15, 0.2) is 0 Å². The van der Waals surface area contributed by atoms with Crippen molar-refractivity contribution in [3.05, 3.63) is 53.1 Å². The molecule has 0 aromatic heterocycles. The van der Waals surface area contributed by atoms with Crippen LogP contribution in [0.15, 0.2) is 46.2 Å². The van der Waals surface area contributed by atoms with Gasteiger partial charge < -0.3 is 0 Å². The smallest absolute Gasteiger partial charge is 0.262 e. The largest absolute Gasteiger partial charge is 0.280 e. The molecule has 2 aromatic carbocycles. The molecule has 0 heterocycles. The lowest BCUT2D eigenvalue weighted by Gasteiger charge is -2.22. The normalized spacial score (nSPS) is 15.3. The predicted molar refractivity (Wildman–Crippen MR) is 115 cm³/mol. The zero-order valence-corrected chi connectivity index (χ0v) is 19.0. The summed E-state index contributed by atoms with van der Waals surface area (Å²) in [5.74, 6) is 0. The zero-order chi connectivity index (χ0) is 21.6. The van der Waals surface area contributed by atoms with E-state index < -0.39 is 20.0 Å². The third kappa shape index (κ3) is 4.99. The van der Waals surface area contributed by atoms with Crippen LogP contribution in [0.5, 0.6) is 0 Å². The van der Waals surface area contributed by atoms with Crippen molar-refractivity contribution >= 4 is 25.7 Å². The summed E-state index contributed by atoms with van der Waals surface area (Å²) in [6.07, 6.45) is 1.66. The molecule has 0 aliphatic heterocycles. The van der Waals surface area contributed by atoms with Gasteiger partial charge in [-0.2, -0.15) is 0 Å². The highest BCUT2D eigenvalue weighted by molar-refractivity contribution is 7.92. The van der Waals surface area contributed by atoms with Crippen molar-refractivity contribution in [1.29, 1.82) is 0 Å². The number of sulfonamides is 2. The third-order valence-electron chi connectivity index (χ3n) is 4.89. The maximum absolute atomic E-state index is 13.1. The van der Waals surface area contributed by atoms with Crippen LogP contribution in [0.3, 0.4) is 0 Å². The molecular weight excluding hydrogens is 408 g/mol. The molecule has 0 unspecified atom stereocenters. The molecule has 1 aliphatic rings. The lowest BCUT2D eigenvalue weighted by molar-refractivity contribution is 0.580. The van der Waals surface area contributed by atoms with Gasteiger partial charge in [-0.3, -0.25) is 4.72 Å². The number of rotatable bonds is 6. The molecule has 2 aromatic rings. The van der Waals surface area contributed by atoms with Gasteiger partial charge in [-0.15, -0.1) is 0 Å². The lowest BCUT2D eigenvalue weighted by atomic mass is 9.85. The molecule has 3 rings (SSSR count). The number of anilines is 1. The minimum atomic E-state index is -3.88. The molecule has 0 saturated heterocycles. The van der Waals surface area contributed by atoms with E-state index in [1.54, 1.807) is 19.9 Å². The van der Waals surface area contributed by atoms with Gasteiger partial charge in [0, 0.05) is 6.04 Å². The van der Waals surface area contributed by atoms with Gasteiger partial charge in [-0.1, -0.05) is 39.0 Å². The van der Waals surface area contributed by atoms with Gasteiger partial charge in [0.05, 0.1) is 15.5 Å². The fraction of sp³-hybridized carbons (Fsp3) is 0.429. The average molecular weight is 437 g/mol. The summed E-state index contributed by atoms with van der Waals surface area (Å²) in [4.78, 5) is 0.260. The topological polar surface area (TPSA) is 92.3 Å². The van der Waals surface area contributed by atoms with Crippen LogP contribution in [-0.4, -0.2) is 22.9 Å². The SMILES string of the molecule is Cc1cc(C(C)(C)C)cc(C)c1S(=O)(=O)Nc1cccc(S(=O)(=O)NC2CC2)c1. The molecule has 1 saturated carbocycles. The second kappa shape index (κ2) is 7.41. The van der Waals surface area contributed by atoms with Crippen molar-refractivity contribution in [1.82, 2.24) is 4.72 Å². The molecule has 158 valence electrons. The Hall–Kier alpha value is -1.90. The molecule has 0 amide bonds. The fourth-order valence-corrected chi connectivity index (χ4v) is 6.08. The van der Waals surface area contributed by atoms with E-state index in [4.69, 9.17) is 0 Å². The summed E-state index contributed by atoms with van der Waals surface area (Å²) in [5.41, 5.74) is 2.49. The molecule has 0 radical (unpaired) electrons.